The van der Waals surface area contributed by atoms with Crippen molar-refractivity contribution >= 4 is 23.5 Å². The summed E-state index contributed by atoms with van der Waals surface area (Å²) >= 11 is 0. The van der Waals surface area contributed by atoms with Gasteiger partial charge in [-0.2, -0.15) is 0 Å². The number of nitrogens with zero attached hydrogens (tertiary/aromatic N) is 6. The molecule has 1 aromatic carbocycles. The van der Waals surface area contributed by atoms with E-state index >= 15 is 0 Å². The van der Waals surface area contributed by atoms with Gasteiger partial charge in [-0.05, 0) is 116 Å². The largest absolute Gasteiger partial charge is 0.481 e. The number of nitrogens with one attached hydrogen (secondary N) is 1. The number of nitrogen functional groups attached to an aromatic ring is 1. The number of ether oxygens (including phenoxy) is 4. The number of likely N-dealkylation sites (N-methyl/N-ethyl adjacent to an activating group) is 1. The van der Waals surface area contributed by atoms with E-state index in [-0.39, 0.29) is 42.2 Å². The molecule has 366 valence electrons. The normalized spacial score (nSPS) is 26.0. The van der Waals surface area contributed by atoms with Crippen LogP contribution in [0.1, 0.15) is 100.0 Å². The van der Waals surface area contributed by atoms with Crippen molar-refractivity contribution in [2.75, 3.05) is 33.0 Å². The fourth-order valence-corrected chi connectivity index (χ4v) is 9.97. The molecule has 3 unspecified atom stereocenters. The number of hydrogen-bond acceptors (Lipinski definition) is 14. The van der Waals surface area contributed by atoms with Crippen LogP contribution in [0, 0.1) is 23.7 Å². The highest BCUT2D eigenvalue weighted by Crippen LogP contribution is 2.40. The zero-order valence-corrected chi connectivity index (χ0v) is 40.9. The van der Waals surface area contributed by atoms with Crippen LogP contribution in [0.3, 0.4) is 0 Å². The minimum Gasteiger partial charge on any atom is -0.481 e. The molecule has 2 fully saturated rings. The van der Waals surface area contributed by atoms with Gasteiger partial charge in [-0.3, -0.25) is 29.1 Å². The number of Topliss-reactive ketones (excluding diaryl/α,β-unsaturated/α-hetero) is 1. The fourth-order valence-electron chi connectivity index (χ4n) is 9.97. The molecule has 5 N–H and O–H groups in total. The van der Waals surface area contributed by atoms with Gasteiger partial charge < -0.3 is 40.2 Å². The second-order valence-corrected chi connectivity index (χ2v) is 19.4. The van der Waals surface area contributed by atoms with E-state index < -0.39 is 53.3 Å². The summed E-state index contributed by atoms with van der Waals surface area (Å²) in [7, 11) is 3.49. The number of carboxylic acids is 1. The maximum Gasteiger partial charge on any atom is 0.410 e. The number of methoxy groups -OCH3 is 1. The van der Waals surface area contributed by atoms with Gasteiger partial charge in [0.2, 0.25) is 0 Å². The highest BCUT2D eigenvalue weighted by Gasteiger charge is 2.55. The van der Waals surface area contributed by atoms with E-state index in [0.717, 1.165) is 36.1 Å². The number of ketones is 1. The lowest BCUT2D eigenvalue weighted by atomic mass is 9.78. The molecule has 0 aliphatic carbocycles. The molecule has 4 heterocycles. The lowest BCUT2D eigenvalue weighted by Gasteiger charge is -2.47. The van der Waals surface area contributed by atoms with Crippen molar-refractivity contribution in [3.05, 3.63) is 60.6 Å². The van der Waals surface area contributed by atoms with Crippen molar-refractivity contribution in [1.82, 2.24) is 35.1 Å². The number of aliphatic hydroxyl groups excluding tert-OH is 1. The number of hydrogen-bond donors (Lipinski definition) is 4. The van der Waals surface area contributed by atoms with Gasteiger partial charge in [-0.25, -0.2) is 4.79 Å². The maximum atomic E-state index is 13.8. The molecular formula is C49H76N8O9. The van der Waals surface area contributed by atoms with E-state index in [1.165, 1.54) is 6.92 Å². The highest BCUT2D eigenvalue weighted by atomic mass is 16.7. The number of carbonyl (C=O) groups is 3. The first-order chi connectivity index (χ1) is 31.2. The summed E-state index contributed by atoms with van der Waals surface area (Å²) < 4.78 is 27.3. The smallest absolute Gasteiger partial charge is 0.410 e. The first kappa shape index (κ1) is 52.4. The second-order valence-electron chi connectivity index (χ2n) is 19.4. The number of unbranched alkanes of at least 4 members (excludes halogenated alkanes) is 1. The summed E-state index contributed by atoms with van der Waals surface area (Å²) in [6.45, 7) is 19.4. The third-order valence-corrected chi connectivity index (χ3v) is 14.2. The summed E-state index contributed by atoms with van der Waals surface area (Å²) in [5.74, 6) is -3.98. The second kappa shape index (κ2) is 23.0. The van der Waals surface area contributed by atoms with E-state index in [1.54, 1.807) is 26.4 Å². The summed E-state index contributed by atoms with van der Waals surface area (Å²) in [6, 6.07) is 10.6. The van der Waals surface area contributed by atoms with Gasteiger partial charge in [0.25, 0.3) is 0 Å². The van der Waals surface area contributed by atoms with Crippen LogP contribution in [0.25, 0.3) is 11.3 Å². The molecule has 0 bridgehead atoms. The first-order valence-electron chi connectivity index (χ1n) is 23.6. The molecule has 2 saturated heterocycles. The van der Waals surface area contributed by atoms with E-state index in [2.05, 4.69) is 48.3 Å². The Hall–Kier alpha value is -4.52. The number of aromatic nitrogens is 4. The van der Waals surface area contributed by atoms with Gasteiger partial charge in [0.1, 0.15) is 23.3 Å². The van der Waals surface area contributed by atoms with Crippen molar-refractivity contribution in [3.8, 4) is 11.3 Å². The van der Waals surface area contributed by atoms with Gasteiger partial charge in [-0.1, -0.05) is 51.1 Å². The van der Waals surface area contributed by atoms with E-state index in [9.17, 15) is 24.6 Å². The Morgan fingerprint density at radius 2 is 1.86 bits per heavy atom. The average molecular weight is 921 g/mol. The Bertz CT molecular complexity index is 2040. The zero-order valence-electron chi connectivity index (χ0n) is 40.9. The number of pyridine rings is 1. The topological polar surface area (TPSA) is 217 Å². The number of aryl methyl sites for hydroxylation is 1. The van der Waals surface area contributed by atoms with Gasteiger partial charge in [0, 0.05) is 68.4 Å². The Morgan fingerprint density at radius 1 is 1.14 bits per heavy atom. The number of carboxylic acid groups (broad SMARTS) is 1. The molecule has 2 aliphatic heterocycles. The van der Waals surface area contributed by atoms with Gasteiger partial charge in [-0.15, -0.1) is 5.10 Å². The molecule has 0 saturated carbocycles. The Morgan fingerprint density at radius 3 is 2.52 bits per heavy atom. The lowest BCUT2D eigenvalue weighted by Crippen LogP contribution is -2.60. The van der Waals surface area contributed by atoms with Crippen molar-refractivity contribution in [3.63, 3.8) is 0 Å². The van der Waals surface area contributed by atoms with Gasteiger partial charge in [0.05, 0.1) is 30.0 Å². The van der Waals surface area contributed by atoms with Gasteiger partial charge in [0.15, 0.2) is 12.1 Å². The predicted molar refractivity (Wildman–Crippen MR) is 251 cm³/mol. The monoisotopic (exact) mass is 921 g/mol. The first-order valence-corrected chi connectivity index (χ1v) is 23.6. The van der Waals surface area contributed by atoms with E-state index in [4.69, 9.17) is 24.7 Å². The van der Waals surface area contributed by atoms with Crippen molar-refractivity contribution in [2.45, 2.75) is 161 Å². The Labute approximate surface area is 391 Å². The number of nitrogens with two attached hydrogens (primary N) is 1. The minimum absolute atomic E-state index is 0.0709. The SMILES string of the molecule is CC[C@@H](C)[C@@]1(C)OC(=O)N(CCCCn2cc(-c3cccc(N)c3)nn2)[C@@H]1[C@@H](C)NC[C@H](C)C[C@@](C)(OC)[C@H](O[C@@H]1OC(C)CC(N(C)Cc2cccnc2)C1O)[C@@H](C)C(=O)[C@@H](C)C(=O)O. The molecule has 17 nitrogen and oxygen atoms in total. The van der Waals surface area contributed by atoms with Crippen LogP contribution in [0.2, 0.25) is 0 Å². The Kier molecular flexibility index (Phi) is 18.3. The van der Waals surface area contributed by atoms with Crippen molar-refractivity contribution < 1.29 is 43.5 Å². The third kappa shape index (κ3) is 12.5. The van der Waals surface area contributed by atoms with Crippen LogP contribution in [-0.2, 0) is 41.6 Å². The number of carbonyl (C=O) groups excluding carboxylic acids is 2. The molecule has 0 spiro atoms. The number of anilines is 1. The molecule has 1 amide bonds. The van der Waals surface area contributed by atoms with Crippen LogP contribution >= 0.6 is 0 Å². The fraction of sp³-hybridized carbons (Fsp3) is 0.673. The van der Waals surface area contributed by atoms with Crippen LogP contribution in [0.15, 0.2) is 55.0 Å². The molecule has 2 aromatic heterocycles. The zero-order chi connectivity index (χ0) is 48.5. The van der Waals surface area contributed by atoms with Crippen LogP contribution < -0.4 is 11.1 Å². The molecule has 2 aliphatic rings. The molecule has 3 aromatic rings. The number of amides is 1. The number of aliphatic hydroxyl groups is 1. The summed E-state index contributed by atoms with van der Waals surface area (Å²) in [4.78, 5) is 47.8. The number of benzene rings is 1. The van der Waals surface area contributed by atoms with Crippen molar-refractivity contribution in [2.24, 2.45) is 23.7 Å². The highest BCUT2D eigenvalue weighted by molar-refractivity contribution is 5.99. The number of rotatable bonds is 25. The van der Waals surface area contributed by atoms with Crippen molar-refractivity contribution in [1.29, 1.82) is 0 Å². The van der Waals surface area contributed by atoms with E-state index in [0.29, 0.717) is 44.7 Å². The van der Waals surface area contributed by atoms with Crippen LogP contribution in [0.4, 0.5) is 10.5 Å². The molecule has 5 rings (SSSR count). The number of cyclic esters (lactones) is 1. The maximum absolute atomic E-state index is 13.8. The number of aliphatic carboxylic acids is 1. The van der Waals surface area contributed by atoms with Crippen LogP contribution in [-0.4, -0.2) is 139 Å². The average Bonchev–Trinajstić information content (AvgIpc) is 3.87. The van der Waals surface area contributed by atoms with E-state index in [1.807, 2.05) is 84.9 Å². The molecule has 66 heavy (non-hydrogen) atoms. The lowest BCUT2D eigenvalue weighted by molar-refractivity contribution is -0.296. The molecular weight excluding hydrogens is 845 g/mol. The summed E-state index contributed by atoms with van der Waals surface area (Å²) in [6.07, 6.45) is 4.80. The standard InChI is InChI=1S/C49H76N8O9/c1-12-31(3)49(9)43(57(47(62)66-49)22-14-13-21-56-29-39(53-54-56)37-18-15-19-38(50)24-37)35(7)52-26-30(2)25-48(8,63-11)44(33(5)41(58)34(6)45(60)61)65-46-42(59)40(23-32(4)64-46)55(10)28-36-17-16-20-51-27-36/h15-20,24,27,29-35,40,42-44,46,52,59H,12-14,21-23,25-26,28,50H2,1-11H3,(H,60,61)/t30-,31-,32?,33+,34-,35-,40?,42?,43-,44-,46+,48-,49-/m1/s1. The quantitative estimate of drug-likeness (QED) is 0.0433. The minimum atomic E-state index is -1.30. The Balaban J connectivity index is 1.28. The van der Waals surface area contributed by atoms with Crippen LogP contribution in [0.5, 0.6) is 0 Å². The predicted octanol–water partition coefficient (Wildman–Crippen LogP) is 6.05. The summed E-state index contributed by atoms with van der Waals surface area (Å²) in [5, 5.41) is 34.1. The van der Waals surface area contributed by atoms with Gasteiger partial charge >= 0.3 is 12.1 Å². The molecule has 0 radical (unpaired) electrons. The molecule has 13 atom stereocenters. The molecule has 17 heteroatoms. The third-order valence-electron chi connectivity index (χ3n) is 14.2. The summed E-state index contributed by atoms with van der Waals surface area (Å²) in [5.41, 5.74) is 7.38.